The molecule has 2 rings (SSSR count). The van der Waals surface area contributed by atoms with E-state index in [1.165, 1.54) is 11.0 Å². The van der Waals surface area contributed by atoms with Gasteiger partial charge in [-0.25, -0.2) is 8.42 Å². The van der Waals surface area contributed by atoms with Crippen molar-refractivity contribution < 1.29 is 18.0 Å². The Morgan fingerprint density at radius 3 is 2.27 bits per heavy atom. The third kappa shape index (κ3) is 7.91. The maximum Gasteiger partial charge on any atom is 0.244 e. The van der Waals surface area contributed by atoms with E-state index in [-0.39, 0.29) is 24.1 Å². The Morgan fingerprint density at radius 2 is 1.70 bits per heavy atom. The van der Waals surface area contributed by atoms with Crippen LogP contribution in [0.4, 0.5) is 5.69 Å². The maximum absolute atomic E-state index is 13.4. The number of sulfonamides is 1. The van der Waals surface area contributed by atoms with Gasteiger partial charge in [0.15, 0.2) is 0 Å². The van der Waals surface area contributed by atoms with Crippen LogP contribution in [-0.2, 0) is 26.2 Å². The van der Waals surface area contributed by atoms with Crippen molar-refractivity contribution in [3.05, 3.63) is 64.1 Å². The van der Waals surface area contributed by atoms with Crippen molar-refractivity contribution in [2.75, 3.05) is 23.7 Å². The van der Waals surface area contributed by atoms with Gasteiger partial charge in [-0.05, 0) is 42.7 Å². The molecule has 0 saturated heterocycles. The Kier molecular flexibility index (Phi) is 9.57. The van der Waals surface area contributed by atoms with Gasteiger partial charge in [0, 0.05) is 23.1 Å². The van der Waals surface area contributed by atoms with E-state index in [0.29, 0.717) is 22.2 Å². The van der Waals surface area contributed by atoms with Crippen LogP contribution in [0.2, 0.25) is 10.0 Å². The molecule has 0 radical (unpaired) electrons. The first-order valence-corrected chi connectivity index (χ1v) is 13.0. The molecule has 0 spiro atoms. The van der Waals surface area contributed by atoms with Gasteiger partial charge in [0.2, 0.25) is 21.8 Å². The Bertz CT molecular complexity index is 1090. The van der Waals surface area contributed by atoms with E-state index >= 15 is 0 Å². The molecule has 0 saturated carbocycles. The Labute approximate surface area is 205 Å². The van der Waals surface area contributed by atoms with Crippen molar-refractivity contribution in [3.63, 3.8) is 0 Å². The zero-order valence-corrected chi connectivity index (χ0v) is 21.4. The van der Waals surface area contributed by atoms with E-state index in [1.807, 2.05) is 13.8 Å². The predicted molar refractivity (Wildman–Crippen MR) is 133 cm³/mol. The van der Waals surface area contributed by atoms with Crippen LogP contribution in [0.3, 0.4) is 0 Å². The van der Waals surface area contributed by atoms with Crippen molar-refractivity contribution in [2.24, 2.45) is 5.92 Å². The SMILES string of the molecule is CC(C)CNC(=O)C(C)N(Cc1ccccc1Cl)C(=O)CN(c1cccc(Cl)c1)S(C)(=O)=O. The highest BCUT2D eigenvalue weighted by Gasteiger charge is 2.30. The van der Waals surface area contributed by atoms with Gasteiger partial charge in [-0.1, -0.05) is 61.3 Å². The summed E-state index contributed by atoms with van der Waals surface area (Å²) in [5.41, 5.74) is 0.901. The monoisotopic (exact) mass is 513 g/mol. The molecule has 0 aliphatic carbocycles. The van der Waals surface area contributed by atoms with Gasteiger partial charge in [-0.15, -0.1) is 0 Å². The average molecular weight is 514 g/mol. The number of rotatable bonds is 10. The van der Waals surface area contributed by atoms with E-state index in [0.717, 1.165) is 10.6 Å². The fourth-order valence-corrected chi connectivity index (χ4v) is 4.31. The second kappa shape index (κ2) is 11.7. The first-order valence-electron chi connectivity index (χ1n) is 10.4. The summed E-state index contributed by atoms with van der Waals surface area (Å²) < 4.78 is 26.0. The van der Waals surface area contributed by atoms with E-state index in [1.54, 1.807) is 49.4 Å². The molecule has 2 aromatic carbocycles. The van der Waals surface area contributed by atoms with Gasteiger partial charge in [-0.2, -0.15) is 0 Å². The number of carbonyl (C=O) groups is 2. The molecule has 2 amide bonds. The number of nitrogens with zero attached hydrogens (tertiary/aromatic N) is 2. The predicted octanol–water partition coefficient (Wildman–Crippen LogP) is 3.95. The molecule has 0 fully saturated rings. The summed E-state index contributed by atoms with van der Waals surface area (Å²) in [5.74, 6) is -0.650. The molecular weight excluding hydrogens is 485 g/mol. The van der Waals surface area contributed by atoms with Gasteiger partial charge < -0.3 is 10.2 Å². The van der Waals surface area contributed by atoms with Crippen molar-refractivity contribution >= 4 is 50.7 Å². The van der Waals surface area contributed by atoms with Crippen LogP contribution in [-0.4, -0.2) is 50.5 Å². The number of halogens is 2. The quantitative estimate of drug-likeness (QED) is 0.520. The standard InChI is InChI=1S/C23H29Cl2N3O4S/c1-16(2)13-26-23(30)17(3)27(14-18-8-5-6-11-21(18)25)22(29)15-28(33(4,31)32)20-10-7-9-19(24)12-20/h5-12,16-17H,13-15H2,1-4H3,(H,26,30). The van der Waals surface area contributed by atoms with Gasteiger partial charge in [0.25, 0.3) is 0 Å². The lowest BCUT2D eigenvalue weighted by Gasteiger charge is -2.31. The summed E-state index contributed by atoms with van der Waals surface area (Å²) in [7, 11) is -3.81. The molecule has 0 bridgehead atoms. The van der Waals surface area contributed by atoms with Crippen LogP contribution in [0, 0.1) is 5.92 Å². The maximum atomic E-state index is 13.4. The van der Waals surface area contributed by atoms with Gasteiger partial charge >= 0.3 is 0 Å². The lowest BCUT2D eigenvalue weighted by atomic mass is 10.1. The fourth-order valence-electron chi connectivity index (χ4n) is 3.09. The first-order chi connectivity index (χ1) is 15.4. The van der Waals surface area contributed by atoms with E-state index in [2.05, 4.69) is 5.32 Å². The van der Waals surface area contributed by atoms with Crippen LogP contribution in [0.5, 0.6) is 0 Å². The molecule has 1 unspecified atom stereocenters. The van der Waals surface area contributed by atoms with Gasteiger partial charge in [-0.3, -0.25) is 13.9 Å². The molecule has 0 aliphatic heterocycles. The topological polar surface area (TPSA) is 86.8 Å². The molecule has 0 heterocycles. The van der Waals surface area contributed by atoms with Crippen molar-refractivity contribution in [3.8, 4) is 0 Å². The number of nitrogens with one attached hydrogen (secondary N) is 1. The lowest BCUT2D eigenvalue weighted by molar-refractivity contribution is -0.139. The van der Waals surface area contributed by atoms with Crippen LogP contribution in [0.1, 0.15) is 26.3 Å². The van der Waals surface area contributed by atoms with E-state index < -0.39 is 28.5 Å². The minimum atomic E-state index is -3.81. The Balaban J connectivity index is 2.38. The highest BCUT2D eigenvalue weighted by Crippen LogP contribution is 2.23. The number of hydrogen-bond acceptors (Lipinski definition) is 4. The summed E-state index contributed by atoms with van der Waals surface area (Å²) in [5, 5.41) is 3.61. The molecule has 10 heteroatoms. The number of anilines is 1. The minimum absolute atomic E-state index is 0.0436. The second-order valence-electron chi connectivity index (χ2n) is 8.18. The number of carbonyl (C=O) groups excluding carboxylic acids is 2. The average Bonchev–Trinajstić information content (AvgIpc) is 2.73. The summed E-state index contributed by atoms with van der Waals surface area (Å²) >= 11 is 12.3. The molecule has 7 nitrogen and oxygen atoms in total. The minimum Gasteiger partial charge on any atom is -0.354 e. The van der Waals surface area contributed by atoms with E-state index in [4.69, 9.17) is 23.2 Å². The zero-order valence-electron chi connectivity index (χ0n) is 19.1. The first kappa shape index (κ1) is 27.0. The summed E-state index contributed by atoms with van der Waals surface area (Å²) in [4.78, 5) is 27.5. The van der Waals surface area contributed by atoms with Crippen LogP contribution >= 0.6 is 23.2 Å². The zero-order chi connectivity index (χ0) is 24.8. The molecule has 2 aromatic rings. The highest BCUT2D eigenvalue weighted by molar-refractivity contribution is 7.92. The van der Waals surface area contributed by atoms with Crippen molar-refractivity contribution in [2.45, 2.75) is 33.4 Å². The fraction of sp³-hybridized carbons (Fsp3) is 0.391. The second-order valence-corrected chi connectivity index (χ2v) is 10.9. The third-order valence-corrected chi connectivity index (χ3v) is 6.67. The number of amides is 2. The molecule has 1 N–H and O–H groups in total. The molecule has 1 atom stereocenters. The summed E-state index contributed by atoms with van der Waals surface area (Å²) in [6.45, 7) is 5.54. The van der Waals surface area contributed by atoms with E-state index in [9.17, 15) is 18.0 Å². The summed E-state index contributed by atoms with van der Waals surface area (Å²) in [6, 6.07) is 12.4. The molecular formula is C23H29Cl2N3O4S. The summed E-state index contributed by atoms with van der Waals surface area (Å²) in [6.07, 6.45) is 1.01. The lowest BCUT2D eigenvalue weighted by Crippen LogP contribution is -2.51. The molecule has 0 aliphatic rings. The van der Waals surface area contributed by atoms with Crippen LogP contribution in [0.15, 0.2) is 48.5 Å². The van der Waals surface area contributed by atoms with Gasteiger partial charge in [0.05, 0.1) is 11.9 Å². The number of benzene rings is 2. The largest absolute Gasteiger partial charge is 0.354 e. The van der Waals surface area contributed by atoms with Gasteiger partial charge in [0.1, 0.15) is 12.6 Å². The normalized spacial score (nSPS) is 12.3. The van der Waals surface area contributed by atoms with Crippen molar-refractivity contribution in [1.29, 1.82) is 0 Å². The smallest absolute Gasteiger partial charge is 0.244 e. The molecule has 33 heavy (non-hydrogen) atoms. The van der Waals surface area contributed by atoms with Crippen molar-refractivity contribution in [1.82, 2.24) is 10.2 Å². The van der Waals surface area contributed by atoms with Crippen LogP contribution < -0.4 is 9.62 Å². The molecule has 180 valence electrons. The Hall–Kier alpha value is -2.29. The van der Waals surface area contributed by atoms with Crippen LogP contribution in [0.25, 0.3) is 0 Å². The highest BCUT2D eigenvalue weighted by atomic mass is 35.5. The number of hydrogen-bond donors (Lipinski definition) is 1. The third-order valence-electron chi connectivity index (χ3n) is 4.93. The Morgan fingerprint density at radius 1 is 1.03 bits per heavy atom. The molecule has 0 aromatic heterocycles.